The Hall–Kier alpha value is -3.94. The summed E-state index contributed by atoms with van der Waals surface area (Å²) in [5, 5.41) is 12.2. The van der Waals surface area contributed by atoms with Crippen LogP contribution in [0.3, 0.4) is 0 Å². The van der Waals surface area contributed by atoms with Gasteiger partial charge in [0.05, 0.1) is 29.6 Å². The summed E-state index contributed by atoms with van der Waals surface area (Å²) in [4.78, 5) is 25.5. The molecule has 31 heavy (non-hydrogen) atoms. The predicted octanol–water partition coefficient (Wildman–Crippen LogP) is 2.52. The van der Waals surface area contributed by atoms with Gasteiger partial charge in [0, 0.05) is 6.54 Å². The molecule has 2 heterocycles. The Bertz CT molecular complexity index is 1290. The van der Waals surface area contributed by atoms with Gasteiger partial charge in [-0.2, -0.15) is 10.2 Å². The highest BCUT2D eigenvalue weighted by Gasteiger charge is 2.18. The predicted molar refractivity (Wildman–Crippen MR) is 117 cm³/mol. The van der Waals surface area contributed by atoms with Crippen LogP contribution in [0.15, 0.2) is 59.4 Å². The van der Waals surface area contributed by atoms with Crippen molar-refractivity contribution < 1.29 is 9.53 Å². The summed E-state index contributed by atoms with van der Waals surface area (Å²) in [6.07, 6.45) is 0. The van der Waals surface area contributed by atoms with Gasteiger partial charge in [-0.05, 0) is 43.7 Å². The van der Waals surface area contributed by atoms with Crippen molar-refractivity contribution in [2.75, 3.05) is 7.11 Å². The van der Waals surface area contributed by atoms with Crippen LogP contribution < -0.4 is 15.6 Å². The van der Waals surface area contributed by atoms with Crippen LogP contribution in [0.2, 0.25) is 0 Å². The van der Waals surface area contributed by atoms with Crippen molar-refractivity contribution >= 4 is 16.8 Å². The fraction of sp³-hybridized carbons (Fsp3) is 0.217. The largest absolute Gasteiger partial charge is 0.497 e. The molecule has 0 saturated heterocycles. The second-order valence-electron chi connectivity index (χ2n) is 7.23. The Labute approximate surface area is 179 Å². The highest BCUT2D eigenvalue weighted by atomic mass is 16.5. The number of carbonyl (C=O) groups excluding carboxylic acids is 1. The second-order valence-corrected chi connectivity index (χ2v) is 7.23. The van der Waals surface area contributed by atoms with Crippen LogP contribution in [-0.4, -0.2) is 32.6 Å². The van der Waals surface area contributed by atoms with Crippen molar-refractivity contribution in [3.63, 3.8) is 0 Å². The molecule has 2 aromatic heterocycles. The molecule has 2 aromatic carbocycles. The summed E-state index contributed by atoms with van der Waals surface area (Å²) in [5.41, 5.74) is 3.31. The molecule has 1 N–H and O–H groups in total. The second kappa shape index (κ2) is 8.43. The van der Waals surface area contributed by atoms with E-state index in [2.05, 4.69) is 15.5 Å². The number of hydrogen-bond donors (Lipinski definition) is 1. The van der Waals surface area contributed by atoms with Gasteiger partial charge in [0.15, 0.2) is 0 Å². The number of aryl methyl sites for hydroxylation is 2. The van der Waals surface area contributed by atoms with E-state index in [0.717, 1.165) is 17.0 Å². The highest BCUT2D eigenvalue weighted by Crippen LogP contribution is 2.19. The summed E-state index contributed by atoms with van der Waals surface area (Å²) in [5.74, 6) is 0.457. The maximum atomic E-state index is 13.1. The SMILES string of the molecule is COc1ccc(CNC(=O)Cn2nc(C)c3nn(-c4ccccc4)c(C)c3c2=O)cc1. The fourth-order valence-electron chi connectivity index (χ4n) is 3.48. The zero-order valence-electron chi connectivity index (χ0n) is 17.6. The van der Waals surface area contributed by atoms with Crippen LogP contribution in [-0.2, 0) is 17.9 Å². The normalized spacial score (nSPS) is 10.9. The lowest BCUT2D eigenvalue weighted by Gasteiger charge is -2.08. The van der Waals surface area contributed by atoms with Gasteiger partial charge in [-0.3, -0.25) is 9.59 Å². The lowest BCUT2D eigenvalue weighted by molar-refractivity contribution is -0.122. The molecule has 0 spiro atoms. The van der Waals surface area contributed by atoms with Gasteiger partial charge in [-0.15, -0.1) is 0 Å². The highest BCUT2D eigenvalue weighted by molar-refractivity contribution is 5.83. The van der Waals surface area contributed by atoms with Crippen LogP contribution in [0.4, 0.5) is 0 Å². The molecule has 0 bridgehead atoms. The quantitative estimate of drug-likeness (QED) is 0.521. The van der Waals surface area contributed by atoms with Gasteiger partial charge in [0.2, 0.25) is 5.91 Å². The number of rotatable bonds is 6. The minimum absolute atomic E-state index is 0.165. The summed E-state index contributed by atoms with van der Waals surface area (Å²) in [6, 6.07) is 17.0. The van der Waals surface area contributed by atoms with Crippen molar-refractivity contribution in [1.82, 2.24) is 24.9 Å². The van der Waals surface area contributed by atoms with E-state index < -0.39 is 0 Å². The van der Waals surface area contributed by atoms with E-state index in [9.17, 15) is 9.59 Å². The topological polar surface area (TPSA) is 91.0 Å². The summed E-state index contributed by atoms with van der Waals surface area (Å²) in [7, 11) is 1.60. The van der Waals surface area contributed by atoms with E-state index in [1.165, 1.54) is 4.68 Å². The summed E-state index contributed by atoms with van der Waals surface area (Å²) in [6.45, 7) is 3.82. The molecule has 0 radical (unpaired) electrons. The molecule has 0 unspecified atom stereocenters. The molecule has 4 rings (SSSR count). The number of amides is 1. The maximum Gasteiger partial charge on any atom is 0.278 e. The molecule has 0 aliphatic rings. The van der Waals surface area contributed by atoms with Crippen molar-refractivity contribution in [2.24, 2.45) is 0 Å². The lowest BCUT2D eigenvalue weighted by atomic mass is 10.2. The number of ether oxygens (including phenoxy) is 1. The first-order valence-corrected chi connectivity index (χ1v) is 9.90. The number of para-hydroxylation sites is 1. The number of fused-ring (bicyclic) bond motifs is 1. The third-order valence-corrected chi connectivity index (χ3v) is 5.12. The molecule has 8 nitrogen and oxygen atoms in total. The molecule has 1 amide bonds. The van der Waals surface area contributed by atoms with Crippen LogP contribution in [0, 0.1) is 13.8 Å². The number of carbonyl (C=O) groups is 1. The molecule has 0 fully saturated rings. The Morgan fingerprint density at radius 1 is 1.03 bits per heavy atom. The molecule has 4 aromatic rings. The third kappa shape index (κ3) is 4.05. The van der Waals surface area contributed by atoms with Gasteiger partial charge in [-0.1, -0.05) is 30.3 Å². The molecule has 0 aliphatic heterocycles. The van der Waals surface area contributed by atoms with E-state index in [-0.39, 0.29) is 18.0 Å². The third-order valence-electron chi connectivity index (χ3n) is 5.12. The first-order chi connectivity index (χ1) is 15.0. The van der Waals surface area contributed by atoms with E-state index in [1.807, 2.05) is 61.5 Å². The molecule has 8 heteroatoms. The monoisotopic (exact) mass is 417 g/mol. The number of nitrogens with zero attached hydrogens (tertiary/aromatic N) is 4. The van der Waals surface area contributed by atoms with Crippen LogP contribution in [0.25, 0.3) is 16.6 Å². The van der Waals surface area contributed by atoms with E-state index in [1.54, 1.807) is 18.7 Å². The molecule has 0 atom stereocenters. The molecule has 158 valence electrons. The maximum absolute atomic E-state index is 13.1. The van der Waals surface area contributed by atoms with Crippen LogP contribution in [0.5, 0.6) is 5.75 Å². The molecule has 0 saturated carbocycles. The Morgan fingerprint density at radius 3 is 2.42 bits per heavy atom. The van der Waals surface area contributed by atoms with Gasteiger partial charge in [-0.25, -0.2) is 9.36 Å². The van der Waals surface area contributed by atoms with Crippen molar-refractivity contribution in [3.8, 4) is 11.4 Å². The molecular formula is C23H23N5O3. The zero-order valence-corrected chi connectivity index (χ0v) is 17.6. The molecular weight excluding hydrogens is 394 g/mol. The Morgan fingerprint density at radius 2 is 1.74 bits per heavy atom. The van der Waals surface area contributed by atoms with Crippen molar-refractivity contribution in [3.05, 3.63) is 81.9 Å². The average molecular weight is 417 g/mol. The smallest absolute Gasteiger partial charge is 0.278 e. The number of aromatic nitrogens is 4. The summed E-state index contributed by atoms with van der Waals surface area (Å²) >= 11 is 0. The van der Waals surface area contributed by atoms with Crippen LogP contribution >= 0.6 is 0 Å². The van der Waals surface area contributed by atoms with E-state index in [0.29, 0.717) is 28.8 Å². The van der Waals surface area contributed by atoms with Gasteiger partial charge in [0.25, 0.3) is 5.56 Å². The van der Waals surface area contributed by atoms with E-state index in [4.69, 9.17) is 4.74 Å². The lowest BCUT2D eigenvalue weighted by Crippen LogP contribution is -2.33. The zero-order chi connectivity index (χ0) is 22.0. The first kappa shape index (κ1) is 20.3. The number of benzene rings is 2. The van der Waals surface area contributed by atoms with Crippen molar-refractivity contribution in [2.45, 2.75) is 26.9 Å². The fourth-order valence-corrected chi connectivity index (χ4v) is 3.48. The number of nitrogens with one attached hydrogen (secondary N) is 1. The number of hydrogen-bond acceptors (Lipinski definition) is 5. The van der Waals surface area contributed by atoms with E-state index >= 15 is 0 Å². The van der Waals surface area contributed by atoms with Gasteiger partial charge in [0.1, 0.15) is 17.8 Å². The minimum Gasteiger partial charge on any atom is -0.497 e. The Balaban J connectivity index is 1.57. The summed E-state index contributed by atoms with van der Waals surface area (Å²) < 4.78 is 8.06. The van der Waals surface area contributed by atoms with Gasteiger partial charge >= 0.3 is 0 Å². The number of methoxy groups -OCH3 is 1. The average Bonchev–Trinajstić information content (AvgIpc) is 3.15. The Kier molecular flexibility index (Phi) is 5.53. The van der Waals surface area contributed by atoms with Gasteiger partial charge < -0.3 is 10.1 Å². The minimum atomic E-state index is -0.333. The first-order valence-electron chi connectivity index (χ1n) is 9.90. The van der Waals surface area contributed by atoms with Crippen molar-refractivity contribution in [1.29, 1.82) is 0 Å². The standard InChI is InChI=1S/C23H23N5O3/c1-15-22-21(16(2)28(26-22)18-7-5-4-6-8-18)23(30)27(25-15)14-20(29)24-13-17-9-11-19(31-3)12-10-17/h4-12H,13-14H2,1-3H3,(H,24,29). The van der Waals surface area contributed by atoms with Crippen LogP contribution in [0.1, 0.15) is 17.0 Å². The molecule has 0 aliphatic carbocycles.